The molecule has 0 radical (unpaired) electrons. The van der Waals surface area contributed by atoms with E-state index in [1.807, 2.05) is 31.7 Å². The molecule has 2 rings (SSSR count). The fourth-order valence-electron chi connectivity index (χ4n) is 3.25. The summed E-state index contributed by atoms with van der Waals surface area (Å²) >= 11 is 0. The lowest BCUT2D eigenvalue weighted by Crippen LogP contribution is -2.45. The second-order valence-corrected chi connectivity index (χ2v) is 8.38. The van der Waals surface area contributed by atoms with E-state index in [1.54, 1.807) is 7.05 Å². The third-order valence-corrected chi connectivity index (χ3v) is 4.83. The molecule has 7 heteroatoms. The molecule has 0 spiro atoms. The highest BCUT2D eigenvalue weighted by atomic mass is 127. The molecule has 1 aromatic carbocycles. The number of carbonyl (C=O) groups is 1. The standard InChI is InChI=1S/C22H36N4O2.HI/c1-22(2,3)28-21(27)26-15-12-19(13-16-26)17-25-20(23-4)24-14-8-11-18-9-6-5-7-10-18;/h5-7,9-10,19H,8,11-17H2,1-4H3,(H2,23,24,25);1H. The van der Waals surface area contributed by atoms with Crippen molar-refractivity contribution in [2.24, 2.45) is 10.9 Å². The van der Waals surface area contributed by atoms with Crippen LogP contribution in [0.2, 0.25) is 0 Å². The van der Waals surface area contributed by atoms with Crippen LogP contribution in [0.5, 0.6) is 0 Å². The summed E-state index contributed by atoms with van der Waals surface area (Å²) < 4.78 is 5.46. The molecular formula is C22H37IN4O2. The molecule has 2 N–H and O–H groups in total. The molecular weight excluding hydrogens is 479 g/mol. The van der Waals surface area contributed by atoms with Crippen LogP contribution in [0, 0.1) is 5.92 Å². The zero-order valence-electron chi connectivity index (χ0n) is 18.2. The number of aliphatic imine (C=N–C) groups is 1. The van der Waals surface area contributed by atoms with E-state index in [1.165, 1.54) is 5.56 Å². The number of nitrogens with one attached hydrogen (secondary N) is 2. The molecule has 1 aliphatic rings. The van der Waals surface area contributed by atoms with Gasteiger partial charge in [0.25, 0.3) is 0 Å². The van der Waals surface area contributed by atoms with Crippen LogP contribution in [0.4, 0.5) is 4.79 Å². The molecule has 164 valence electrons. The lowest BCUT2D eigenvalue weighted by molar-refractivity contribution is 0.0185. The quantitative estimate of drug-likeness (QED) is 0.259. The molecule has 1 aromatic rings. The number of likely N-dealkylation sites (tertiary alicyclic amines) is 1. The first-order valence-corrected chi connectivity index (χ1v) is 10.3. The number of guanidine groups is 1. The van der Waals surface area contributed by atoms with Gasteiger partial charge < -0.3 is 20.3 Å². The van der Waals surface area contributed by atoms with Gasteiger partial charge in [-0.2, -0.15) is 0 Å². The van der Waals surface area contributed by atoms with Crippen LogP contribution in [0.25, 0.3) is 0 Å². The number of carbonyl (C=O) groups excluding carboxylic acids is 1. The number of halogens is 1. The number of benzene rings is 1. The number of piperidine rings is 1. The van der Waals surface area contributed by atoms with Crippen molar-refractivity contribution in [3.63, 3.8) is 0 Å². The van der Waals surface area contributed by atoms with E-state index in [2.05, 4.69) is 39.9 Å². The van der Waals surface area contributed by atoms with Crippen molar-refractivity contribution < 1.29 is 9.53 Å². The van der Waals surface area contributed by atoms with Gasteiger partial charge in [0.1, 0.15) is 5.60 Å². The average molecular weight is 516 g/mol. The van der Waals surface area contributed by atoms with E-state index in [-0.39, 0.29) is 30.1 Å². The summed E-state index contributed by atoms with van der Waals surface area (Å²) in [5, 5.41) is 6.81. The molecule has 6 nitrogen and oxygen atoms in total. The smallest absolute Gasteiger partial charge is 0.410 e. The van der Waals surface area contributed by atoms with E-state index < -0.39 is 5.60 Å². The SMILES string of the molecule is CN=C(NCCCc1ccccc1)NCC1CCN(C(=O)OC(C)(C)C)CC1.I. The monoisotopic (exact) mass is 516 g/mol. The van der Waals surface area contributed by atoms with Crippen molar-refractivity contribution in [3.8, 4) is 0 Å². The zero-order valence-corrected chi connectivity index (χ0v) is 20.6. The van der Waals surface area contributed by atoms with Crippen LogP contribution in [0.3, 0.4) is 0 Å². The Labute approximate surface area is 192 Å². The van der Waals surface area contributed by atoms with E-state index in [0.717, 1.165) is 57.8 Å². The minimum absolute atomic E-state index is 0. The molecule has 1 aliphatic heterocycles. The van der Waals surface area contributed by atoms with Crippen molar-refractivity contribution >= 4 is 36.0 Å². The number of nitrogens with zero attached hydrogens (tertiary/aromatic N) is 2. The normalized spacial score (nSPS) is 15.4. The fourth-order valence-corrected chi connectivity index (χ4v) is 3.25. The summed E-state index contributed by atoms with van der Waals surface area (Å²) in [6.07, 6.45) is 3.90. The molecule has 29 heavy (non-hydrogen) atoms. The highest BCUT2D eigenvalue weighted by Gasteiger charge is 2.26. The van der Waals surface area contributed by atoms with Crippen molar-refractivity contribution in [2.75, 3.05) is 33.2 Å². The van der Waals surface area contributed by atoms with E-state index in [0.29, 0.717) is 5.92 Å². The summed E-state index contributed by atoms with van der Waals surface area (Å²) in [5.74, 6) is 1.39. The third kappa shape index (κ3) is 10.2. The number of aryl methyl sites for hydroxylation is 1. The van der Waals surface area contributed by atoms with Crippen molar-refractivity contribution in [2.45, 2.75) is 52.1 Å². The van der Waals surface area contributed by atoms with Crippen LogP contribution in [0.1, 0.15) is 45.6 Å². The lowest BCUT2D eigenvalue weighted by atomic mass is 9.97. The van der Waals surface area contributed by atoms with Crippen LogP contribution in [-0.4, -0.2) is 55.8 Å². The van der Waals surface area contributed by atoms with Crippen LogP contribution in [-0.2, 0) is 11.2 Å². The maximum absolute atomic E-state index is 12.1. The van der Waals surface area contributed by atoms with Gasteiger partial charge in [0.2, 0.25) is 0 Å². The Morgan fingerprint density at radius 2 is 1.83 bits per heavy atom. The molecule has 0 aromatic heterocycles. The van der Waals surface area contributed by atoms with Gasteiger partial charge in [-0.05, 0) is 57.9 Å². The predicted molar refractivity (Wildman–Crippen MR) is 130 cm³/mol. The minimum atomic E-state index is -0.436. The van der Waals surface area contributed by atoms with Crippen molar-refractivity contribution in [1.82, 2.24) is 15.5 Å². The topological polar surface area (TPSA) is 66.0 Å². The van der Waals surface area contributed by atoms with Gasteiger partial charge in [-0.25, -0.2) is 4.79 Å². The number of rotatable bonds is 6. The molecule has 0 atom stereocenters. The van der Waals surface area contributed by atoms with E-state index >= 15 is 0 Å². The molecule has 0 aliphatic carbocycles. The van der Waals surface area contributed by atoms with Gasteiger partial charge in [0, 0.05) is 33.2 Å². The lowest BCUT2D eigenvalue weighted by Gasteiger charge is -2.33. The molecule has 1 amide bonds. The Hall–Kier alpha value is -1.51. The van der Waals surface area contributed by atoms with Crippen LogP contribution >= 0.6 is 24.0 Å². The van der Waals surface area contributed by atoms with E-state index in [9.17, 15) is 4.79 Å². The first kappa shape index (κ1) is 25.5. The van der Waals surface area contributed by atoms with E-state index in [4.69, 9.17) is 4.74 Å². The average Bonchev–Trinajstić information content (AvgIpc) is 2.67. The Balaban J connectivity index is 0.00000420. The molecule has 0 bridgehead atoms. The van der Waals surface area contributed by atoms with Crippen LogP contribution in [0.15, 0.2) is 35.3 Å². The Morgan fingerprint density at radius 1 is 1.17 bits per heavy atom. The summed E-state index contributed by atoms with van der Waals surface area (Å²) in [7, 11) is 1.80. The van der Waals surface area contributed by atoms with Gasteiger partial charge >= 0.3 is 6.09 Å². The minimum Gasteiger partial charge on any atom is -0.444 e. The van der Waals surface area contributed by atoms with Crippen molar-refractivity contribution in [3.05, 3.63) is 35.9 Å². The maximum atomic E-state index is 12.1. The second kappa shape index (κ2) is 12.9. The van der Waals surface area contributed by atoms with Gasteiger partial charge in [-0.15, -0.1) is 24.0 Å². The summed E-state index contributed by atoms with van der Waals surface area (Å²) in [4.78, 5) is 18.3. The van der Waals surface area contributed by atoms with Gasteiger partial charge in [0.15, 0.2) is 5.96 Å². The van der Waals surface area contributed by atoms with Gasteiger partial charge in [-0.3, -0.25) is 4.99 Å². The van der Waals surface area contributed by atoms with Gasteiger partial charge in [0.05, 0.1) is 0 Å². The largest absolute Gasteiger partial charge is 0.444 e. The molecule has 1 saturated heterocycles. The number of hydrogen-bond donors (Lipinski definition) is 2. The molecule has 0 saturated carbocycles. The predicted octanol–water partition coefficient (Wildman–Crippen LogP) is 4.05. The molecule has 1 heterocycles. The third-order valence-electron chi connectivity index (χ3n) is 4.83. The Kier molecular flexibility index (Phi) is 11.4. The maximum Gasteiger partial charge on any atom is 0.410 e. The zero-order chi connectivity index (χ0) is 20.4. The number of amides is 1. The highest BCUT2D eigenvalue weighted by molar-refractivity contribution is 14.0. The Bertz CT molecular complexity index is 623. The summed E-state index contributed by atoms with van der Waals surface area (Å²) in [6, 6.07) is 10.5. The van der Waals surface area contributed by atoms with Crippen molar-refractivity contribution in [1.29, 1.82) is 0 Å². The summed E-state index contributed by atoms with van der Waals surface area (Å²) in [6.45, 7) is 8.99. The molecule has 0 unspecified atom stereocenters. The molecule has 1 fully saturated rings. The number of ether oxygens (including phenoxy) is 1. The fraction of sp³-hybridized carbons (Fsp3) is 0.636. The first-order chi connectivity index (χ1) is 13.4. The number of hydrogen-bond acceptors (Lipinski definition) is 3. The van der Waals surface area contributed by atoms with Gasteiger partial charge in [-0.1, -0.05) is 30.3 Å². The van der Waals surface area contributed by atoms with Crippen LogP contribution < -0.4 is 10.6 Å². The second-order valence-electron chi connectivity index (χ2n) is 8.38. The summed E-state index contributed by atoms with van der Waals surface area (Å²) in [5.41, 5.74) is 0.928. The Morgan fingerprint density at radius 3 is 2.41 bits per heavy atom. The highest BCUT2D eigenvalue weighted by Crippen LogP contribution is 2.19. The first-order valence-electron chi connectivity index (χ1n) is 10.3.